The molecular formula is C34H34FN9O4. The van der Waals surface area contributed by atoms with E-state index < -0.39 is 23.1 Å². The van der Waals surface area contributed by atoms with Crippen molar-refractivity contribution in [1.82, 2.24) is 29.2 Å². The summed E-state index contributed by atoms with van der Waals surface area (Å²) < 4.78 is 16.8. The summed E-state index contributed by atoms with van der Waals surface area (Å²) in [6, 6.07) is 11.9. The summed E-state index contributed by atoms with van der Waals surface area (Å²) in [5.41, 5.74) is 13.2. The number of halogens is 1. The molecule has 0 saturated carbocycles. The van der Waals surface area contributed by atoms with Gasteiger partial charge in [-0.3, -0.25) is 19.2 Å². The molecular weight excluding hydrogens is 617 g/mol. The van der Waals surface area contributed by atoms with Crippen molar-refractivity contribution < 1.29 is 18.8 Å². The largest absolute Gasteiger partial charge is 0.383 e. The average Bonchev–Trinajstić information content (AvgIpc) is 3.46. The lowest BCUT2D eigenvalue weighted by Crippen LogP contribution is -2.41. The number of amides is 3. The molecule has 6 rings (SSSR count). The summed E-state index contributed by atoms with van der Waals surface area (Å²) in [4.78, 5) is 62.3. The summed E-state index contributed by atoms with van der Waals surface area (Å²) in [5, 5.41) is 8.24. The lowest BCUT2D eigenvalue weighted by atomic mass is 10.00. The fourth-order valence-corrected chi connectivity index (χ4v) is 6.14. The smallest absolute Gasteiger partial charge is 0.266 e. The van der Waals surface area contributed by atoms with Crippen molar-refractivity contribution in [1.29, 1.82) is 0 Å². The van der Waals surface area contributed by atoms with Gasteiger partial charge in [-0.1, -0.05) is 38.1 Å². The first-order valence-electron chi connectivity index (χ1n) is 15.4. The van der Waals surface area contributed by atoms with Crippen molar-refractivity contribution in [3.05, 3.63) is 88.4 Å². The molecule has 0 spiro atoms. The maximum absolute atomic E-state index is 13.6. The number of aryl methyl sites for hydroxylation is 1. The number of rotatable bonds is 7. The Morgan fingerprint density at radius 2 is 1.62 bits per heavy atom. The number of fused-ring (bicyclic) bond motifs is 1. The van der Waals surface area contributed by atoms with E-state index in [4.69, 9.17) is 16.6 Å². The van der Waals surface area contributed by atoms with Crippen LogP contribution in [-0.4, -0.2) is 60.0 Å². The number of anilines is 2. The molecule has 1 saturated heterocycles. The number of benzene rings is 2. The number of nitrogens with zero attached hydrogens (tertiary/aromatic N) is 6. The highest BCUT2D eigenvalue weighted by Gasteiger charge is 2.29. The summed E-state index contributed by atoms with van der Waals surface area (Å²) in [6.07, 6.45) is 4.07. The highest BCUT2D eigenvalue weighted by molar-refractivity contribution is 6.07. The van der Waals surface area contributed by atoms with Crippen molar-refractivity contribution in [2.24, 2.45) is 18.7 Å². The number of hydrogen-bond acceptors (Lipinski definition) is 8. The zero-order valence-corrected chi connectivity index (χ0v) is 26.6. The molecule has 48 heavy (non-hydrogen) atoms. The van der Waals surface area contributed by atoms with Gasteiger partial charge in [-0.25, -0.2) is 19.0 Å². The van der Waals surface area contributed by atoms with Crippen LogP contribution < -0.4 is 22.2 Å². The van der Waals surface area contributed by atoms with Gasteiger partial charge in [0, 0.05) is 43.5 Å². The van der Waals surface area contributed by atoms with Gasteiger partial charge in [0.2, 0.25) is 11.3 Å². The zero-order valence-electron chi connectivity index (χ0n) is 26.6. The molecule has 0 atom stereocenters. The molecule has 3 amide bonds. The highest BCUT2D eigenvalue weighted by atomic mass is 19.1. The van der Waals surface area contributed by atoms with Crippen LogP contribution in [0.5, 0.6) is 0 Å². The molecule has 0 aliphatic carbocycles. The number of hydrogen-bond donors (Lipinski definition) is 3. The van der Waals surface area contributed by atoms with Gasteiger partial charge in [0.25, 0.3) is 11.8 Å². The number of aromatic nitrogens is 5. The van der Waals surface area contributed by atoms with E-state index >= 15 is 0 Å². The number of nitrogens with one attached hydrogen (secondary N) is 1. The lowest BCUT2D eigenvalue weighted by molar-refractivity contribution is -0.135. The third-order valence-electron chi connectivity index (χ3n) is 8.55. The molecule has 3 aromatic heterocycles. The zero-order chi connectivity index (χ0) is 34.3. The predicted molar refractivity (Wildman–Crippen MR) is 178 cm³/mol. The van der Waals surface area contributed by atoms with Gasteiger partial charge in [-0.15, -0.1) is 0 Å². The monoisotopic (exact) mass is 651 g/mol. The van der Waals surface area contributed by atoms with Gasteiger partial charge in [0.15, 0.2) is 5.65 Å². The van der Waals surface area contributed by atoms with E-state index in [0.29, 0.717) is 53.9 Å². The maximum Gasteiger partial charge on any atom is 0.266 e. The van der Waals surface area contributed by atoms with Crippen molar-refractivity contribution in [2.75, 3.05) is 24.1 Å². The van der Waals surface area contributed by atoms with Gasteiger partial charge >= 0.3 is 0 Å². The fraction of sp³-hybridized carbons (Fsp3) is 0.265. The van der Waals surface area contributed by atoms with Gasteiger partial charge < -0.3 is 26.3 Å². The number of piperidine rings is 1. The number of carbonyl (C=O) groups excluding carboxylic acids is 3. The minimum absolute atomic E-state index is 0.00805. The fourth-order valence-electron chi connectivity index (χ4n) is 6.14. The minimum Gasteiger partial charge on any atom is -0.383 e. The first-order valence-corrected chi connectivity index (χ1v) is 15.4. The number of likely N-dealkylation sites (tertiary alicyclic amines) is 1. The number of nitrogens with two attached hydrogens (primary N) is 2. The first-order chi connectivity index (χ1) is 22.9. The molecule has 13 nitrogen and oxygen atoms in total. The average molecular weight is 652 g/mol. The van der Waals surface area contributed by atoms with Crippen LogP contribution in [0.15, 0.2) is 65.8 Å². The summed E-state index contributed by atoms with van der Waals surface area (Å²) in [6.45, 7) is 5.03. The molecule has 0 unspecified atom stereocenters. The van der Waals surface area contributed by atoms with Crippen LogP contribution >= 0.6 is 0 Å². The van der Waals surface area contributed by atoms with E-state index in [2.05, 4.69) is 15.3 Å². The van der Waals surface area contributed by atoms with Crippen LogP contribution in [-0.2, 0) is 11.8 Å². The van der Waals surface area contributed by atoms with Crippen LogP contribution in [0, 0.1) is 11.7 Å². The van der Waals surface area contributed by atoms with E-state index in [1.165, 1.54) is 36.3 Å². The molecule has 5 aromatic rings. The SMILES string of the molecule is CC(C)C(=O)N1CCC(n2nc(-c3ccc(NC(=O)c4cn(C)c(C(N)=O)c(-c5ccc(F)cc5)c4=O)cc3)c3c(N)ncnc32)CC1. The summed E-state index contributed by atoms with van der Waals surface area (Å²) in [7, 11) is 1.49. The third kappa shape index (κ3) is 5.87. The maximum atomic E-state index is 13.6. The van der Waals surface area contributed by atoms with E-state index in [1.54, 1.807) is 24.3 Å². The van der Waals surface area contributed by atoms with Crippen LogP contribution in [0.3, 0.4) is 0 Å². The van der Waals surface area contributed by atoms with Crippen LogP contribution in [0.25, 0.3) is 33.4 Å². The predicted octanol–water partition coefficient (Wildman–Crippen LogP) is 3.75. The Bertz CT molecular complexity index is 2110. The molecule has 2 aromatic carbocycles. The molecule has 1 aliphatic rings. The minimum atomic E-state index is -0.871. The molecule has 4 heterocycles. The number of pyridine rings is 1. The second-order valence-corrected chi connectivity index (χ2v) is 12.1. The van der Waals surface area contributed by atoms with Crippen LogP contribution in [0.4, 0.5) is 15.9 Å². The molecule has 0 radical (unpaired) electrons. The number of primary amides is 1. The second kappa shape index (κ2) is 12.7. The summed E-state index contributed by atoms with van der Waals surface area (Å²) in [5.74, 6) is -1.76. The molecule has 0 bridgehead atoms. The van der Waals surface area contributed by atoms with Crippen molar-refractivity contribution >= 4 is 40.3 Å². The Labute approximate surface area is 274 Å². The van der Waals surface area contributed by atoms with Crippen molar-refractivity contribution in [3.63, 3.8) is 0 Å². The molecule has 246 valence electrons. The Kier molecular flexibility index (Phi) is 8.48. The molecule has 14 heteroatoms. The number of nitrogen functional groups attached to an aromatic ring is 1. The quantitative estimate of drug-likeness (QED) is 0.238. The van der Waals surface area contributed by atoms with Crippen LogP contribution in [0.1, 0.15) is 53.6 Å². The van der Waals surface area contributed by atoms with Gasteiger partial charge in [-0.2, -0.15) is 5.10 Å². The molecule has 5 N–H and O–H groups in total. The van der Waals surface area contributed by atoms with E-state index in [9.17, 15) is 23.6 Å². The van der Waals surface area contributed by atoms with Gasteiger partial charge in [-0.05, 0) is 42.7 Å². The summed E-state index contributed by atoms with van der Waals surface area (Å²) >= 11 is 0. The normalized spacial score (nSPS) is 13.6. The molecule has 1 aliphatic heterocycles. The van der Waals surface area contributed by atoms with Crippen LogP contribution in [0.2, 0.25) is 0 Å². The van der Waals surface area contributed by atoms with Crippen molar-refractivity contribution in [2.45, 2.75) is 32.7 Å². The third-order valence-corrected chi connectivity index (χ3v) is 8.55. The van der Waals surface area contributed by atoms with E-state index in [1.807, 2.05) is 23.4 Å². The topological polar surface area (TPSA) is 184 Å². The number of carbonyl (C=O) groups is 3. The Balaban J connectivity index is 1.28. The Hall–Kier alpha value is -5.92. The van der Waals surface area contributed by atoms with E-state index in [-0.39, 0.29) is 46.1 Å². The highest BCUT2D eigenvalue weighted by Crippen LogP contribution is 2.35. The lowest BCUT2D eigenvalue weighted by Gasteiger charge is -2.33. The molecule has 1 fully saturated rings. The first kappa shape index (κ1) is 32.0. The van der Waals surface area contributed by atoms with Crippen molar-refractivity contribution in [3.8, 4) is 22.4 Å². The Morgan fingerprint density at radius 3 is 2.25 bits per heavy atom. The van der Waals surface area contributed by atoms with Gasteiger partial charge in [0.1, 0.15) is 34.9 Å². The van der Waals surface area contributed by atoms with Gasteiger partial charge in [0.05, 0.1) is 17.0 Å². The second-order valence-electron chi connectivity index (χ2n) is 12.1. The standard InChI is InChI=1S/C34H34FN9O4/c1-18(2)34(48)43-14-12-23(13-15-43)44-32-26(30(36)38-17-39-32)27(41-44)20-6-10-22(11-7-20)40-33(47)24-16-42(3)28(31(37)46)25(29(24)45)19-4-8-21(35)9-5-19/h4-11,16-18,23H,12-15H2,1-3H3,(H2,37,46)(H,40,47)(H2,36,38,39). The van der Waals surface area contributed by atoms with E-state index in [0.717, 1.165) is 12.1 Å². The Morgan fingerprint density at radius 1 is 0.979 bits per heavy atom.